The summed E-state index contributed by atoms with van der Waals surface area (Å²) < 4.78 is 2.16. The highest BCUT2D eigenvalue weighted by atomic mass is 32.1. The van der Waals surface area contributed by atoms with Gasteiger partial charge in [0, 0.05) is 6.54 Å². The second kappa shape index (κ2) is 4.99. The van der Waals surface area contributed by atoms with Crippen LogP contribution >= 0.6 is 12.2 Å². The number of aromatic amines is 2. The molecule has 16 heavy (non-hydrogen) atoms. The molecule has 90 valence electrons. The quantitative estimate of drug-likeness (QED) is 0.799. The Kier molecular flexibility index (Phi) is 3.63. The fourth-order valence-corrected chi connectivity index (χ4v) is 2.79. The van der Waals surface area contributed by atoms with Crippen molar-refractivity contribution in [2.45, 2.75) is 45.6 Å². The minimum atomic E-state index is -0.109. The van der Waals surface area contributed by atoms with Crippen LogP contribution in [0.5, 0.6) is 0 Å². The van der Waals surface area contributed by atoms with E-state index in [1.807, 2.05) is 0 Å². The summed E-state index contributed by atoms with van der Waals surface area (Å²) in [6.07, 6.45) is 6.35. The molecular formula is C11H19N3OS. The van der Waals surface area contributed by atoms with Crippen molar-refractivity contribution in [3.8, 4) is 0 Å². The monoisotopic (exact) mass is 241 g/mol. The van der Waals surface area contributed by atoms with Crippen LogP contribution < -0.4 is 5.69 Å². The van der Waals surface area contributed by atoms with Crippen LogP contribution in [0.2, 0.25) is 0 Å². The van der Waals surface area contributed by atoms with E-state index >= 15 is 0 Å². The Labute approximate surface area is 100 Å². The number of rotatable bonds is 3. The minimum Gasteiger partial charge on any atom is -0.272 e. The third kappa shape index (κ3) is 2.45. The Hall–Kier alpha value is -0.840. The zero-order valence-corrected chi connectivity index (χ0v) is 10.5. The van der Waals surface area contributed by atoms with Crippen molar-refractivity contribution >= 4 is 12.2 Å². The molecule has 0 amide bonds. The van der Waals surface area contributed by atoms with Crippen LogP contribution in [0.1, 0.15) is 39.0 Å². The lowest BCUT2D eigenvalue weighted by atomic mass is 9.81. The van der Waals surface area contributed by atoms with Gasteiger partial charge in [-0.2, -0.15) is 0 Å². The highest BCUT2D eigenvalue weighted by molar-refractivity contribution is 7.71. The molecule has 2 N–H and O–H groups in total. The fourth-order valence-electron chi connectivity index (χ4n) is 2.58. The van der Waals surface area contributed by atoms with Crippen LogP contribution in [0.15, 0.2) is 4.79 Å². The third-order valence-electron chi connectivity index (χ3n) is 3.75. The predicted molar refractivity (Wildman–Crippen MR) is 66.0 cm³/mol. The van der Waals surface area contributed by atoms with Crippen molar-refractivity contribution < 1.29 is 0 Å². The summed E-state index contributed by atoms with van der Waals surface area (Å²) in [5.41, 5.74) is -0.109. The van der Waals surface area contributed by atoms with Gasteiger partial charge in [0.1, 0.15) is 0 Å². The SMILES string of the molecule is CCC1CCC(Cn2c(=O)[nH][nH]c2=S)CC1. The summed E-state index contributed by atoms with van der Waals surface area (Å²) in [4.78, 5) is 11.4. The molecule has 0 radical (unpaired) electrons. The topological polar surface area (TPSA) is 53.6 Å². The maximum Gasteiger partial charge on any atom is 0.342 e. The molecule has 1 heterocycles. The first-order valence-electron chi connectivity index (χ1n) is 6.08. The summed E-state index contributed by atoms with van der Waals surface area (Å²) >= 11 is 5.06. The van der Waals surface area contributed by atoms with Gasteiger partial charge in [-0.3, -0.25) is 9.67 Å². The van der Waals surface area contributed by atoms with Crippen molar-refractivity contribution in [2.75, 3.05) is 0 Å². The van der Waals surface area contributed by atoms with E-state index in [1.165, 1.54) is 32.1 Å². The molecule has 1 saturated carbocycles. The third-order valence-corrected chi connectivity index (χ3v) is 4.07. The second-order valence-electron chi connectivity index (χ2n) is 4.77. The molecule has 1 aliphatic carbocycles. The number of H-pyrrole nitrogens is 2. The summed E-state index contributed by atoms with van der Waals surface area (Å²) in [7, 11) is 0. The molecule has 0 bridgehead atoms. The number of nitrogens with one attached hydrogen (secondary N) is 2. The lowest BCUT2D eigenvalue weighted by molar-refractivity contribution is 0.245. The Morgan fingerprint density at radius 3 is 2.38 bits per heavy atom. The average molecular weight is 241 g/mol. The summed E-state index contributed by atoms with van der Waals surface area (Å²) in [5, 5.41) is 5.21. The molecule has 0 unspecified atom stereocenters. The zero-order chi connectivity index (χ0) is 11.5. The van der Waals surface area contributed by atoms with Crippen LogP contribution in [-0.2, 0) is 6.54 Å². The van der Waals surface area contributed by atoms with E-state index < -0.39 is 0 Å². The van der Waals surface area contributed by atoms with Crippen molar-refractivity contribution in [3.05, 3.63) is 15.3 Å². The zero-order valence-electron chi connectivity index (χ0n) is 9.66. The van der Waals surface area contributed by atoms with Gasteiger partial charge in [0.15, 0.2) is 4.77 Å². The maximum absolute atomic E-state index is 11.4. The van der Waals surface area contributed by atoms with Gasteiger partial charge >= 0.3 is 5.69 Å². The van der Waals surface area contributed by atoms with E-state index in [0.717, 1.165) is 12.5 Å². The first kappa shape index (κ1) is 11.6. The van der Waals surface area contributed by atoms with Gasteiger partial charge in [0.25, 0.3) is 0 Å². The van der Waals surface area contributed by atoms with Gasteiger partial charge in [-0.15, -0.1) is 0 Å². The van der Waals surface area contributed by atoms with Gasteiger partial charge in [-0.25, -0.2) is 9.89 Å². The first-order valence-corrected chi connectivity index (χ1v) is 6.49. The van der Waals surface area contributed by atoms with Crippen LogP contribution in [0.3, 0.4) is 0 Å². The lowest BCUT2D eigenvalue weighted by Gasteiger charge is -2.27. The first-order chi connectivity index (χ1) is 7.70. The second-order valence-corrected chi connectivity index (χ2v) is 5.15. The molecular weight excluding hydrogens is 222 g/mol. The number of nitrogens with zero attached hydrogens (tertiary/aromatic N) is 1. The molecule has 0 saturated heterocycles. The van der Waals surface area contributed by atoms with Crippen molar-refractivity contribution in [2.24, 2.45) is 11.8 Å². The molecule has 4 nitrogen and oxygen atoms in total. The molecule has 0 aromatic carbocycles. The fraction of sp³-hybridized carbons (Fsp3) is 0.818. The predicted octanol–water partition coefficient (Wildman–Crippen LogP) is 2.45. The highest BCUT2D eigenvalue weighted by Crippen LogP contribution is 2.31. The highest BCUT2D eigenvalue weighted by Gasteiger charge is 2.20. The van der Waals surface area contributed by atoms with E-state index in [4.69, 9.17) is 12.2 Å². The smallest absolute Gasteiger partial charge is 0.272 e. The molecule has 5 heteroatoms. The van der Waals surface area contributed by atoms with Gasteiger partial charge in [-0.1, -0.05) is 26.2 Å². The molecule has 1 aromatic rings. The van der Waals surface area contributed by atoms with Crippen LogP contribution in [0.4, 0.5) is 0 Å². The van der Waals surface area contributed by atoms with E-state index in [0.29, 0.717) is 10.7 Å². The Morgan fingerprint density at radius 2 is 1.88 bits per heavy atom. The van der Waals surface area contributed by atoms with E-state index in [9.17, 15) is 4.79 Å². The lowest BCUT2D eigenvalue weighted by Crippen LogP contribution is -2.24. The van der Waals surface area contributed by atoms with Crippen molar-refractivity contribution in [1.82, 2.24) is 14.8 Å². The molecule has 0 spiro atoms. The average Bonchev–Trinajstić information content (AvgIpc) is 2.62. The molecule has 1 fully saturated rings. The molecule has 1 aliphatic rings. The van der Waals surface area contributed by atoms with Gasteiger partial charge < -0.3 is 0 Å². The summed E-state index contributed by atoms with van der Waals surface area (Å²) in [6.45, 7) is 3.03. The Morgan fingerprint density at radius 1 is 1.25 bits per heavy atom. The summed E-state index contributed by atoms with van der Waals surface area (Å²) in [6, 6.07) is 0. The standard InChI is InChI=1S/C11H19N3OS/c1-2-8-3-5-9(6-4-8)7-14-10(15)12-13-11(14)16/h8-9H,2-7H2,1H3,(H,12,15)(H,13,16). The van der Waals surface area contributed by atoms with Gasteiger partial charge in [-0.05, 0) is 36.9 Å². The molecule has 0 atom stereocenters. The van der Waals surface area contributed by atoms with Crippen LogP contribution in [0, 0.1) is 16.6 Å². The van der Waals surface area contributed by atoms with E-state index in [2.05, 4.69) is 17.1 Å². The van der Waals surface area contributed by atoms with Crippen molar-refractivity contribution in [1.29, 1.82) is 0 Å². The molecule has 2 rings (SSSR count). The Balaban J connectivity index is 1.97. The molecule has 0 aliphatic heterocycles. The van der Waals surface area contributed by atoms with Gasteiger partial charge in [0.2, 0.25) is 0 Å². The van der Waals surface area contributed by atoms with E-state index in [-0.39, 0.29) is 5.69 Å². The number of aromatic nitrogens is 3. The minimum absolute atomic E-state index is 0.109. The molecule has 1 aromatic heterocycles. The van der Waals surface area contributed by atoms with Crippen molar-refractivity contribution in [3.63, 3.8) is 0 Å². The number of hydrogen-bond acceptors (Lipinski definition) is 2. The van der Waals surface area contributed by atoms with Crippen LogP contribution in [-0.4, -0.2) is 14.8 Å². The summed E-state index contributed by atoms with van der Waals surface area (Å²) in [5.74, 6) is 1.51. The number of hydrogen-bond donors (Lipinski definition) is 2. The Bertz CT molecular complexity index is 409. The normalized spacial score (nSPS) is 25.8. The van der Waals surface area contributed by atoms with E-state index in [1.54, 1.807) is 4.57 Å². The van der Waals surface area contributed by atoms with Gasteiger partial charge in [0.05, 0.1) is 0 Å². The van der Waals surface area contributed by atoms with Crippen LogP contribution in [0.25, 0.3) is 0 Å². The maximum atomic E-state index is 11.4. The largest absolute Gasteiger partial charge is 0.342 e.